The number of nitrogen functional groups attached to an aromatic ring is 1. The highest BCUT2D eigenvalue weighted by Gasteiger charge is 2.15. The van der Waals surface area contributed by atoms with Crippen LogP contribution in [-0.4, -0.2) is 19.3 Å². The predicted octanol–water partition coefficient (Wildman–Crippen LogP) is -0.113. The van der Waals surface area contributed by atoms with Gasteiger partial charge in [0.2, 0.25) is 0 Å². The highest BCUT2D eigenvalue weighted by atomic mass is 35.5. The molecule has 0 saturated carbocycles. The summed E-state index contributed by atoms with van der Waals surface area (Å²) < 4.78 is 4.54. The Morgan fingerprint density at radius 1 is 1.64 bits per heavy atom. The molecule has 0 spiro atoms. The molecule has 14 heavy (non-hydrogen) atoms. The van der Waals surface area contributed by atoms with Gasteiger partial charge < -0.3 is 10.5 Å². The van der Waals surface area contributed by atoms with E-state index in [1.54, 1.807) is 6.07 Å². The number of nitrogens with two attached hydrogens (primary N) is 2. The molecular formula is C9H10ClN2O2+. The van der Waals surface area contributed by atoms with Gasteiger partial charge in [-0.15, -0.1) is 0 Å². The van der Waals surface area contributed by atoms with Crippen molar-refractivity contribution in [1.29, 1.82) is 0 Å². The van der Waals surface area contributed by atoms with Gasteiger partial charge in [-0.1, -0.05) is 11.6 Å². The van der Waals surface area contributed by atoms with Crippen LogP contribution in [0, 0.1) is 0 Å². The van der Waals surface area contributed by atoms with Crippen molar-refractivity contribution in [3.8, 4) is 0 Å². The number of hydrogen-bond donors (Lipinski definition) is 2. The second-order valence-electron chi connectivity index (χ2n) is 2.58. The van der Waals surface area contributed by atoms with Crippen LogP contribution in [0.5, 0.6) is 0 Å². The number of hydrogen-bond acceptors (Lipinski definition) is 3. The maximum absolute atomic E-state index is 11.2. The molecule has 0 aliphatic carbocycles. The van der Waals surface area contributed by atoms with Crippen LogP contribution in [0.15, 0.2) is 12.1 Å². The second kappa shape index (κ2) is 4.11. The van der Waals surface area contributed by atoms with Crippen molar-refractivity contribution in [2.45, 2.75) is 0 Å². The van der Waals surface area contributed by atoms with E-state index in [1.807, 2.05) is 0 Å². The minimum absolute atomic E-state index is 0.229. The van der Waals surface area contributed by atoms with E-state index in [0.29, 0.717) is 10.6 Å². The third-order valence-electron chi connectivity index (χ3n) is 1.81. The maximum Gasteiger partial charge on any atom is 0.339 e. The molecule has 1 rings (SSSR count). The number of carbonyl (C=O) groups is 1. The fraction of sp³-hybridized carbons (Fsp3) is 0.111. The van der Waals surface area contributed by atoms with Gasteiger partial charge >= 0.3 is 5.97 Å². The van der Waals surface area contributed by atoms with Gasteiger partial charge in [0.1, 0.15) is 0 Å². The van der Waals surface area contributed by atoms with Crippen molar-refractivity contribution in [2.75, 3.05) is 12.8 Å². The van der Waals surface area contributed by atoms with E-state index < -0.39 is 5.97 Å². The average Bonchev–Trinajstić information content (AvgIpc) is 2.18. The van der Waals surface area contributed by atoms with E-state index in [9.17, 15) is 4.79 Å². The zero-order valence-electron chi connectivity index (χ0n) is 7.58. The molecule has 5 heteroatoms. The molecule has 0 unspecified atom stereocenters. The monoisotopic (exact) mass is 213 g/mol. The summed E-state index contributed by atoms with van der Waals surface area (Å²) in [6.45, 7) is 0. The van der Waals surface area contributed by atoms with Crippen molar-refractivity contribution in [3.63, 3.8) is 0 Å². The summed E-state index contributed by atoms with van der Waals surface area (Å²) in [6, 6.07) is 3.04. The molecule has 0 saturated heterocycles. The molecule has 1 aromatic carbocycles. The number of halogens is 1. The molecule has 0 aromatic heterocycles. The van der Waals surface area contributed by atoms with Gasteiger partial charge in [0.25, 0.3) is 0 Å². The van der Waals surface area contributed by atoms with E-state index in [4.69, 9.17) is 22.7 Å². The van der Waals surface area contributed by atoms with Gasteiger partial charge in [0, 0.05) is 0 Å². The fourth-order valence-corrected chi connectivity index (χ4v) is 1.29. The van der Waals surface area contributed by atoms with Gasteiger partial charge in [-0.05, 0) is 12.1 Å². The van der Waals surface area contributed by atoms with Crippen LogP contribution in [0.2, 0.25) is 5.02 Å². The molecule has 0 radical (unpaired) electrons. The Kier molecular flexibility index (Phi) is 3.09. The molecule has 0 bridgehead atoms. The first-order valence-corrected chi connectivity index (χ1v) is 4.20. The summed E-state index contributed by atoms with van der Waals surface area (Å²) in [6.07, 6.45) is 1.25. The summed E-state index contributed by atoms with van der Waals surface area (Å²) in [4.78, 5) is 11.2. The Hall–Kier alpha value is -1.55. The van der Waals surface area contributed by atoms with Crippen LogP contribution in [0.3, 0.4) is 0 Å². The molecular weight excluding hydrogens is 204 g/mol. The minimum atomic E-state index is -0.512. The number of methoxy groups -OCH3 is 1. The third kappa shape index (κ3) is 1.70. The summed E-state index contributed by atoms with van der Waals surface area (Å²) in [7, 11) is 1.28. The number of rotatable bonds is 2. The van der Waals surface area contributed by atoms with Crippen molar-refractivity contribution in [2.24, 2.45) is 0 Å². The second-order valence-corrected chi connectivity index (χ2v) is 2.99. The first kappa shape index (κ1) is 10.5. The van der Waals surface area contributed by atoms with E-state index in [0.717, 1.165) is 0 Å². The maximum atomic E-state index is 11.2. The molecule has 4 nitrogen and oxygen atoms in total. The van der Waals surface area contributed by atoms with E-state index in [-0.39, 0.29) is 11.3 Å². The largest absolute Gasteiger partial charge is 0.465 e. The van der Waals surface area contributed by atoms with Gasteiger partial charge in [0.05, 0.1) is 28.9 Å². The summed E-state index contributed by atoms with van der Waals surface area (Å²) in [5.41, 5.74) is 6.60. The lowest BCUT2D eigenvalue weighted by Gasteiger charge is -2.06. The summed E-state index contributed by atoms with van der Waals surface area (Å²) in [5, 5.41) is 5.72. The minimum Gasteiger partial charge on any atom is -0.465 e. The number of carbonyl (C=O) groups excluding carboxylic acids is 1. The molecule has 74 valence electrons. The van der Waals surface area contributed by atoms with Crippen molar-refractivity contribution in [1.82, 2.24) is 0 Å². The van der Waals surface area contributed by atoms with Crippen LogP contribution in [0.1, 0.15) is 15.9 Å². The number of benzene rings is 1. The third-order valence-corrected chi connectivity index (χ3v) is 2.14. The number of esters is 1. The Bertz CT molecular complexity index is 391. The Morgan fingerprint density at radius 2 is 2.29 bits per heavy atom. The standard InChI is InChI=1S/C9H9ClN2O2/c1-14-9(13)5-2-3-7(10)6(4-11)8(5)12/h2-4,11H,12H2,1H3/p+1. The fourth-order valence-electron chi connectivity index (χ4n) is 1.07. The Morgan fingerprint density at radius 3 is 2.79 bits per heavy atom. The molecule has 0 amide bonds. The Balaban J connectivity index is 3.35. The van der Waals surface area contributed by atoms with Gasteiger partial charge in [-0.25, -0.2) is 4.79 Å². The van der Waals surface area contributed by atoms with E-state index in [1.165, 1.54) is 19.4 Å². The average molecular weight is 214 g/mol. The lowest BCUT2D eigenvalue weighted by atomic mass is 10.1. The zero-order valence-corrected chi connectivity index (χ0v) is 8.34. The molecule has 0 fully saturated rings. The van der Waals surface area contributed by atoms with Crippen LogP contribution in [0.25, 0.3) is 0 Å². The molecule has 4 N–H and O–H groups in total. The zero-order chi connectivity index (χ0) is 10.7. The molecule has 0 aliphatic rings. The first-order valence-electron chi connectivity index (χ1n) is 3.83. The predicted molar refractivity (Wildman–Crippen MR) is 54.3 cm³/mol. The van der Waals surface area contributed by atoms with Crippen LogP contribution < -0.4 is 11.1 Å². The van der Waals surface area contributed by atoms with Crippen LogP contribution >= 0.6 is 11.6 Å². The van der Waals surface area contributed by atoms with E-state index in [2.05, 4.69) is 4.74 Å². The van der Waals surface area contributed by atoms with Gasteiger partial charge in [-0.2, -0.15) is 0 Å². The number of ether oxygens (including phenoxy) is 1. The lowest BCUT2D eigenvalue weighted by Crippen LogP contribution is -2.30. The molecule has 0 atom stereocenters. The van der Waals surface area contributed by atoms with Crippen molar-refractivity contribution < 1.29 is 14.9 Å². The summed E-state index contributed by atoms with van der Waals surface area (Å²) >= 11 is 5.81. The smallest absolute Gasteiger partial charge is 0.339 e. The quantitative estimate of drug-likeness (QED) is 0.409. The highest BCUT2D eigenvalue weighted by Crippen LogP contribution is 2.24. The highest BCUT2D eigenvalue weighted by molar-refractivity contribution is 6.33. The van der Waals surface area contributed by atoms with Crippen molar-refractivity contribution in [3.05, 3.63) is 28.3 Å². The SMILES string of the molecule is COC(=O)c1ccc(Cl)c(C=[NH2+])c1N. The number of anilines is 1. The molecule has 0 heterocycles. The topological polar surface area (TPSA) is 77.9 Å². The summed E-state index contributed by atoms with van der Waals surface area (Å²) in [5.74, 6) is -0.512. The van der Waals surface area contributed by atoms with Gasteiger partial charge in [0.15, 0.2) is 6.21 Å². The Labute approximate surface area is 86.1 Å². The van der Waals surface area contributed by atoms with E-state index >= 15 is 0 Å². The lowest BCUT2D eigenvalue weighted by molar-refractivity contribution is -0.104. The van der Waals surface area contributed by atoms with Gasteiger partial charge in [-0.3, -0.25) is 5.41 Å². The molecule has 1 aromatic rings. The van der Waals surface area contributed by atoms with Crippen LogP contribution in [0.4, 0.5) is 5.69 Å². The molecule has 0 aliphatic heterocycles. The van der Waals surface area contributed by atoms with Crippen LogP contribution in [-0.2, 0) is 4.74 Å². The van der Waals surface area contributed by atoms with Crippen molar-refractivity contribution >= 4 is 29.5 Å². The first-order chi connectivity index (χ1) is 6.61. The normalized spacial score (nSPS) is 9.57.